The Morgan fingerprint density at radius 3 is 2.64 bits per heavy atom. The predicted molar refractivity (Wildman–Crippen MR) is 95.3 cm³/mol. The normalized spacial score (nSPS) is 24.3. The van der Waals surface area contributed by atoms with E-state index in [0.717, 1.165) is 24.3 Å². The van der Waals surface area contributed by atoms with Gasteiger partial charge >= 0.3 is 0 Å². The number of hydrogen-bond acceptors (Lipinski definition) is 4. The number of nitrogens with zero attached hydrogens (tertiary/aromatic N) is 2. The molecule has 2 saturated heterocycles. The van der Waals surface area contributed by atoms with E-state index in [2.05, 4.69) is 20.4 Å². The molecule has 0 saturated carbocycles. The van der Waals surface area contributed by atoms with Gasteiger partial charge in [0.15, 0.2) is 0 Å². The van der Waals surface area contributed by atoms with Crippen molar-refractivity contribution in [3.8, 4) is 11.3 Å². The maximum absolute atomic E-state index is 12.6. The zero-order valence-corrected chi connectivity index (χ0v) is 14.3. The quantitative estimate of drug-likeness (QED) is 0.894. The predicted octanol–water partition coefficient (Wildman–Crippen LogP) is 2.06. The Hall–Kier alpha value is -2.18. The van der Waals surface area contributed by atoms with Crippen molar-refractivity contribution in [1.29, 1.82) is 0 Å². The molecule has 0 unspecified atom stereocenters. The summed E-state index contributed by atoms with van der Waals surface area (Å²) < 4.78 is 5.66. The maximum Gasteiger partial charge on any atom is 0.251 e. The third-order valence-corrected chi connectivity index (χ3v) is 5.19. The highest BCUT2D eigenvalue weighted by Gasteiger charge is 2.34. The average molecular weight is 340 g/mol. The van der Waals surface area contributed by atoms with Gasteiger partial charge in [-0.25, -0.2) is 0 Å². The van der Waals surface area contributed by atoms with E-state index in [9.17, 15) is 4.79 Å². The van der Waals surface area contributed by atoms with E-state index in [1.807, 2.05) is 30.3 Å². The van der Waals surface area contributed by atoms with Crippen molar-refractivity contribution in [2.75, 3.05) is 26.3 Å². The van der Waals surface area contributed by atoms with E-state index in [-0.39, 0.29) is 11.9 Å². The Bertz CT molecular complexity index is 693. The fourth-order valence-corrected chi connectivity index (χ4v) is 3.76. The number of carbonyl (C=O) groups excluding carboxylic acids is 1. The molecule has 0 bridgehead atoms. The van der Waals surface area contributed by atoms with Gasteiger partial charge in [-0.15, -0.1) is 0 Å². The van der Waals surface area contributed by atoms with Crippen LogP contribution in [-0.2, 0) is 4.74 Å². The average Bonchev–Trinajstić information content (AvgIpc) is 3.35. The van der Waals surface area contributed by atoms with E-state index >= 15 is 0 Å². The number of H-pyrrole nitrogens is 1. The van der Waals surface area contributed by atoms with Gasteiger partial charge in [0.05, 0.1) is 31.0 Å². The summed E-state index contributed by atoms with van der Waals surface area (Å²) >= 11 is 0. The zero-order valence-electron chi connectivity index (χ0n) is 14.3. The molecule has 6 nitrogen and oxygen atoms in total. The van der Waals surface area contributed by atoms with Crippen molar-refractivity contribution in [1.82, 2.24) is 20.4 Å². The van der Waals surface area contributed by atoms with Crippen molar-refractivity contribution in [2.24, 2.45) is 0 Å². The second-order valence-corrected chi connectivity index (χ2v) is 6.83. The molecule has 2 aliphatic rings. The number of ether oxygens (including phenoxy) is 1. The Kier molecular flexibility index (Phi) is 4.81. The van der Waals surface area contributed by atoms with Crippen molar-refractivity contribution in [3.05, 3.63) is 42.1 Å². The summed E-state index contributed by atoms with van der Waals surface area (Å²) in [6, 6.07) is 9.87. The van der Waals surface area contributed by atoms with Gasteiger partial charge in [-0.05, 0) is 49.7 Å². The van der Waals surface area contributed by atoms with E-state index in [4.69, 9.17) is 4.74 Å². The van der Waals surface area contributed by atoms with Crippen LogP contribution >= 0.6 is 0 Å². The number of aromatic amines is 1. The Morgan fingerprint density at radius 1 is 1.12 bits per heavy atom. The topological polar surface area (TPSA) is 70.2 Å². The van der Waals surface area contributed by atoms with Crippen molar-refractivity contribution >= 4 is 5.91 Å². The number of likely N-dealkylation sites (tertiary alicyclic amines) is 1. The van der Waals surface area contributed by atoms with Crippen LogP contribution in [0.1, 0.15) is 29.6 Å². The molecule has 1 aromatic carbocycles. The molecule has 2 atom stereocenters. The third-order valence-electron chi connectivity index (χ3n) is 5.19. The number of nitrogens with one attached hydrogen (secondary N) is 2. The van der Waals surface area contributed by atoms with Crippen LogP contribution in [0.4, 0.5) is 0 Å². The molecule has 2 aromatic rings. The van der Waals surface area contributed by atoms with Crippen molar-refractivity contribution in [3.63, 3.8) is 0 Å². The number of amides is 1. The van der Waals surface area contributed by atoms with Gasteiger partial charge in [-0.2, -0.15) is 5.10 Å². The Morgan fingerprint density at radius 2 is 1.92 bits per heavy atom. The standard InChI is InChI=1S/C19H24N4O2/c24-19(15-6-4-14(5-7-15)16-8-9-20-22-16)21-17-12-25-13-18(17)23-10-2-1-3-11-23/h4-9,17-18H,1-3,10-13H2,(H,20,22)(H,21,24)/t17-,18-/m1/s1. The first-order chi connectivity index (χ1) is 12.3. The second-order valence-electron chi connectivity index (χ2n) is 6.83. The van der Waals surface area contributed by atoms with E-state index in [0.29, 0.717) is 24.8 Å². The highest BCUT2D eigenvalue weighted by molar-refractivity contribution is 5.94. The highest BCUT2D eigenvalue weighted by Crippen LogP contribution is 2.20. The summed E-state index contributed by atoms with van der Waals surface area (Å²) in [5, 5.41) is 10.1. The van der Waals surface area contributed by atoms with Crippen LogP contribution in [0.2, 0.25) is 0 Å². The first-order valence-electron chi connectivity index (χ1n) is 9.04. The SMILES string of the molecule is O=C(N[C@@H]1COC[C@H]1N1CCCCC1)c1ccc(-c2ccn[nH]2)cc1. The summed E-state index contributed by atoms with van der Waals surface area (Å²) in [5.41, 5.74) is 2.64. The van der Waals surface area contributed by atoms with E-state index < -0.39 is 0 Å². The summed E-state index contributed by atoms with van der Waals surface area (Å²) in [5.74, 6) is -0.0336. The molecule has 0 radical (unpaired) electrons. The number of rotatable bonds is 4. The number of piperidine rings is 1. The number of carbonyl (C=O) groups is 1. The molecule has 3 heterocycles. The molecule has 0 aliphatic carbocycles. The van der Waals surface area contributed by atoms with Gasteiger partial charge in [0.25, 0.3) is 5.91 Å². The largest absolute Gasteiger partial charge is 0.378 e. The molecular formula is C19H24N4O2. The van der Waals surface area contributed by atoms with Crippen molar-refractivity contribution in [2.45, 2.75) is 31.3 Å². The molecule has 0 spiro atoms. The molecule has 4 rings (SSSR count). The highest BCUT2D eigenvalue weighted by atomic mass is 16.5. The van der Waals surface area contributed by atoms with E-state index in [1.54, 1.807) is 6.20 Å². The lowest BCUT2D eigenvalue weighted by molar-refractivity contribution is 0.0900. The van der Waals surface area contributed by atoms with Gasteiger partial charge in [0, 0.05) is 11.8 Å². The van der Waals surface area contributed by atoms with Crippen molar-refractivity contribution < 1.29 is 9.53 Å². The van der Waals surface area contributed by atoms with Crippen LogP contribution in [0.15, 0.2) is 36.5 Å². The number of benzene rings is 1. The minimum absolute atomic E-state index is 0.0336. The minimum Gasteiger partial charge on any atom is -0.378 e. The lowest BCUT2D eigenvalue weighted by atomic mass is 10.0. The molecule has 132 valence electrons. The summed E-state index contributed by atoms with van der Waals surface area (Å²) in [4.78, 5) is 15.1. The lowest BCUT2D eigenvalue weighted by Crippen LogP contribution is -2.52. The lowest BCUT2D eigenvalue weighted by Gasteiger charge is -2.34. The van der Waals surface area contributed by atoms with Crippen LogP contribution in [0.3, 0.4) is 0 Å². The molecule has 6 heteroatoms. The Labute approximate surface area is 147 Å². The zero-order chi connectivity index (χ0) is 17.1. The monoisotopic (exact) mass is 340 g/mol. The van der Waals surface area contributed by atoms with Gasteiger partial charge in [-0.1, -0.05) is 18.6 Å². The summed E-state index contributed by atoms with van der Waals surface area (Å²) in [6.07, 6.45) is 5.51. The molecular weight excluding hydrogens is 316 g/mol. The van der Waals surface area contributed by atoms with Gasteiger partial charge in [0.2, 0.25) is 0 Å². The molecule has 25 heavy (non-hydrogen) atoms. The van der Waals surface area contributed by atoms with Crippen LogP contribution in [0.5, 0.6) is 0 Å². The van der Waals surface area contributed by atoms with E-state index in [1.165, 1.54) is 19.3 Å². The van der Waals surface area contributed by atoms with Crippen LogP contribution in [-0.4, -0.2) is 59.4 Å². The molecule has 1 amide bonds. The van der Waals surface area contributed by atoms with Crippen LogP contribution < -0.4 is 5.32 Å². The molecule has 2 N–H and O–H groups in total. The van der Waals surface area contributed by atoms with Crippen LogP contribution in [0, 0.1) is 0 Å². The van der Waals surface area contributed by atoms with Crippen LogP contribution in [0.25, 0.3) is 11.3 Å². The first kappa shape index (κ1) is 16.3. The van der Waals surface area contributed by atoms with Gasteiger partial charge in [0.1, 0.15) is 0 Å². The smallest absolute Gasteiger partial charge is 0.251 e. The number of aromatic nitrogens is 2. The first-order valence-corrected chi connectivity index (χ1v) is 9.04. The van der Waals surface area contributed by atoms with Gasteiger partial charge < -0.3 is 10.1 Å². The maximum atomic E-state index is 12.6. The molecule has 2 fully saturated rings. The van der Waals surface area contributed by atoms with Gasteiger partial charge in [-0.3, -0.25) is 14.8 Å². The molecule has 1 aromatic heterocycles. The second kappa shape index (κ2) is 7.37. The summed E-state index contributed by atoms with van der Waals surface area (Å²) in [7, 11) is 0. The number of hydrogen-bond donors (Lipinski definition) is 2. The summed E-state index contributed by atoms with van der Waals surface area (Å²) in [6.45, 7) is 3.53. The fraction of sp³-hybridized carbons (Fsp3) is 0.474. The fourth-order valence-electron chi connectivity index (χ4n) is 3.76. The minimum atomic E-state index is -0.0336. The third kappa shape index (κ3) is 3.60. The molecule has 2 aliphatic heterocycles. The Balaban J connectivity index is 1.40.